The third-order valence-electron chi connectivity index (χ3n) is 2.89. The Morgan fingerprint density at radius 1 is 1.24 bits per heavy atom. The molecule has 0 aliphatic carbocycles. The molecule has 0 aromatic heterocycles. The van der Waals surface area contributed by atoms with Crippen LogP contribution in [0.2, 0.25) is 0 Å². The molecule has 0 aliphatic heterocycles. The van der Waals surface area contributed by atoms with Crippen LogP contribution in [0.3, 0.4) is 0 Å². The zero-order valence-corrected chi connectivity index (χ0v) is 12.4. The van der Waals surface area contributed by atoms with Crippen LogP contribution >= 0.6 is 0 Å². The fraction of sp³-hybridized carbons (Fsp3) is 0.143. The molecule has 0 aliphatic rings. The zero-order valence-electron chi connectivity index (χ0n) is 11.6. The number of ether oxygens (including phenoxy) is 1. The first-order chi connectivity index (χ1) is 9.83. The maximum atomic E-state index is 13.5. The first-order valence-electron chi connectivity index (χ1n) is 6.06. The quantitative estimate of drug-likeness (QED) is 0.850. The molecule has 0 amide bonds. The van der Waals surface area contributed by atoms with E-state index in [2.05, 4.69) is 4.72 Å². The molecular formula is C14H15FN2O3S. The van der Waals surface area contributed by atoms with Crippen molar-refractivity contribution in [3.8, 4) is 5.75 Å². The highest BCUT2D eigenvalue weighted by atomic mass is 32.2. The molecule has 0 saturated carbocycles. The van der Waals surface area contributed by atoms with Crippen LogP contribution < -0.4 is 15.2 Å². The van der Waals surface area contributed by atoms with Gasteiger partial charge >= 0.3 is 0 Å². The van der Waals surface area contributed by atoms with Crippen molar-refractivity contribution in [3.63, 3.8) is 0 Å². The molecule has 112 valence electrons. The number of anilines is 2. The summed E-state index contributed by atoms with van der Waals surface area (Å²) in [6, 6.07) is 8.79. The van der Waals surface area contributed by atoms with E-state index in [1.54, 1.807) is 18.2 Å². The molecular weight excluding hydrogens is 295 g/mol. The SMILES string of the molecule is COc1cccc(NS(=O)(=O)c2cc(C)c(F)c(N)c2)c1. The highest BCUT2D eigenvalue weighted by Gasteiger charge is 2.17. The van der Waals surface area contributed by atoms with Gasteiger partial charge in [0, 0.05) is 6.07 Å². The van der Waals surface area contributed by atoms with E-state index in [0.717, 1.165) is 6.07 Å². The van der Waals surface area contributed by atoms with Crippen LogP contribution in [0.4, 0.5) is 15.8 Å². The Bertz CT molecular complexity index is 753. The van der Waals surface area contributed by atoms with Crippen LogP contribution in [0.1, 0.15) is 5.56 Å². The van der Waals surface area contributed by atoms with E-state index < -0.39 is 15.8 Å². The maximum Gasteiger partial charge on any atom is 0.261 e. The smallest absolute Gasteiger partial charge is 0.261 e. The molecule has 2 aromatic carbocycles. The molecule has 0 fully saturated rings. The van der Waals surface area contributed by atoms with E-state index in [1.165, 1.54) is 26.2 Å². The maximum absolute atomic E-state index is 13.5. The minimum Gasteiger partial charge on any atom is -0.497 e. The second-order valence-corrected chi connectivity index (χ2v) is 6.16. The minimum atomic E-state index is -3.85. The summed E-state index contributed by atoms with van der Waals surface area (Å²) in [5, 5.41) is 0. The minimum absolute atomic E-state index is 0.0956. The Labute approximate surface area is 122 Å². The topological polar surface area (TPSA) is 81.4 Å². The molecule has 21 heavy (non-hydrogen) atoms. The van der Waals surface area contributed by atoms with Crippen LogP contribution in [0.15, 0.2) is 41.3 Å². The van der Waals surface area contributed by atoms with Crippen LogP contribution in [-0.2, 0) is 10.0 Å². The molecule has 0 atom stereocenters. The number of hydrogen-bond donors (Lipinski definition) is 2. The third-order valence-corrected chi connectivity index (χ3v) is 4.25. The lowest BCUT2D eigenvalue weighted by Gasteiger charge is -2.11. The van der Waals surface area contributed by atoms with Crippen molar-refractivity contribution in [2.24, 2.45) is 0 Å². The Hall–Kier alpha value is -2.28. The van der Waals surface area contributed by atoms with Crippen molar-refractivity contribution in [3.05, 3.63) is 47.8 Å². The average Bonchev–Trinajstić information content (AvgIpc) is 2.44. The summed E-state index contributed by atoms with van der Waals surface area (Å²) in [5.74, 6) is -0.0969. The van der Waals surface area contributed by atoms with E-state index in [1.807, 2.05) is 0 Å². The lowest BCUT2D eigenvalue weighted by molar-refractivity contribution is 0.415. The van der Waals surface area contributed by atoms with Gasteiger partial charge in [-0.05, 0) is 36.8 Å². The van der Waals surface area contributed by atoms with Gasteiger partial charge in [0.1, 0.15) is 11.6 Å². The second kappa shape index (κ2) is 5.61. The first kappa shape index (κ1) is 15.1. The molecule has 3 N–H and O–H groups in total. The van der Waals surface area contributed by atoms with Crippen LogP contribution in [0, 0.1) is 12.7 Å². The number of hydrogen-bond acceptors (Lipinski definition) is 4. The lowest BCUT2D eigenvalue weighted by Crippen LogP contribution is -2.14. The van der Waals surface area contributed by atoms with Crippen LogP contribution in [0.5, 0.6) is 5.75 Å². The van der Waals surface area contributed by atoms with E-state index in [4.69, 9.17) is 10.5 Å². The van der Waals surface area contributed by atoms with Gasteiger partial charge in [-0.1, -0.05) is 6.07 Å². The molecule has 0 saturated heterocycles. The summed E-state index contributed by atoms with van der Waals surface area (Å²) in [6.45, 7) is 1.45. The summed E-state index contributed by atoms with van der Waals surface area (Å²) < 4.78 is 45.5. The fourth-order valence-electron chi connectivity index (χ4n) is 1.82. The molecule has 0 heterocycles. The van der Waals surface area contributed by atoms with Gasteiger partial charge in [0.15, 0.2) is 0 Å². The highest BCUT2D eigenvalue weighted by Crippen LogP contribution is 2.24. The number of nitrogen functional groups attached to an aromatic ring is 1. The molecule has 7 heteroatoms. The van der Waals surface area contributed by atoms with Gasteiger partial charge < -0.3 is 10.5 Å². The van der Waals surface area contributed by atoms with Gasteiger partial charge in [0.25, 0.3) is 10.0 Å². The lowest BCUT2D eigenvalue weighted by atomic mass is 10.2. The normalized spacial score (nSPS) is 11.2. The van der Waals surface area contributed by atoms with Crippen molar-refractivity contribution in [1.29, 1.82) is 0 Å². The fourth-order valence-corrected chi connectivity index (χ4v) is 2.99. The molecule has 0 bridgehead atoms. The third kappa shape index (κ3) is 3.25. The van der Waals surface area contributed by atoms with E-state index in [-0.39, 0.29) is 16.1 Å². The second-order valence-electron chi connectivity index (χ2n) is 4.48. The monoisotopic (exact) mass is 310 g/mol. The summed E-state index contributed by atoms with van der Waals surface area (Å²) in [5.41, 5.74) is 5.77. The number of nitrogens with one attached hydrogen (secondary N) is 1. The van der Waals surface area contributed by atoms with E-state index in [0.29, 0.717) is 11.4 Å². The summed E-state index contributed by atoms with van der Waals surface area (Å²) in [7, 11) is -2.37. The van der Waals surface area contributed by atoms with Crippen molar-refractivity contribution < 1.29 is 17.5 Å². The van der Waals surface area contributed by atoms with Gasteiger partial charge in [0.05, 0.1) is 23.4 Å². The van der Waals surface area contributed by atoms with Crippen molar-refractivity contribution in [2.75, 3.05) is 17.6 Å². The number of nitrogens with two attached hydrogens (primary N) is 1. The number of methoxy groups -OCH3 is 1. The van der Waals surface area contributed by atoms with Gasteiger partial charge in [-0.25, -0.2) is 12.8 Å². The first-order valence-corrected chi connectivity index (χ1v) is 7.54. The van der Waals surface area contributed by atoms with Gasteiger partial charge in [-0.3, -0.25) is 4.72 Å². The zero-order chi connectivity index (χ0) is 15.6. The Kier molecular flexibility index (Phi) is 4.04. The molecule has 0 radical (unpaired) electrons. The molecule has 2 rings (SSSR count). The summed E-state index contributed by atoms with van der Waals surface area (Å²) >= 11 is 0. The molecule has 0 spiro atoms. The number of benzene rings is 2. The number of rotatable bonds is 4. The van der Waals surface area contributed by atoms with E-state index in [9.17, 15) is 12.8 Å². The number of halogens is 1. The predicted octanol–water partition coefficient (Wildman–Crippen LogP) is 2.53. The summed E-state index contributed by atoms with van der Waals surface area (Å²) in [6.07, 6.45) is 0. The highest BCUT2D eigenvalue weighted by molar-refractivity contribution is 7.92. The van der Waals surface area contributed by atoms with Gasteiger partial charge in [0.2, 0.25) is 0 Å². The Morgan fingerprint density at radius 2 is 1.95 bits per heavy atom. The Morgan fingerprint density at radius 3 is 2.57 bits per heavy atom. The Balaban J connectivity index is 2.38. The van der Waals surface area contributed by atoms with Crippen molar-refractivity contribution in [2.45, 2.75) is 11.8 Å². The van der Waals surface area contributed by atoms with Crippen molar-refractivity contribution in [1.82, 2.24) is 0 Å². The van der Waals surface area contributed by atoms with Crippen LogP contribution in [0.25, 0.3) is 0 Å². The van der Waals surface area contributed by atoms with E-state index >= 15 is 0 Å². The number of aryl methyl sites for hydroxylation is 1. The average molecular weight is 310 g/mol. The van der Waals surface area contributed by atoms with Crippen LogP contribution in [-0.4, -0.2) is 15.5 Å². The number of sulfonamides is 1. The predicted molar refractivity (Wildman–Crippen MR) is 79.4 cm³/mol. The molecule has 5 nitrogen and oxygen atoms in total. The summed E-state index contributed by atoms with van der Waals surface area (Å²) in [4.78, 5) is -0.0956. The van der Waals surface area contributed by atoms with Crippen molar-refractivity contribution >= 4 is 21.4 Å². The standard InChI is InChI=1S/C14H15FN2O3S/c1-9-6-12(8-13(16)14(9)15)21(18,19)17-10-4-3-5-11(7-10)20-2/h3-8,17H,16H2,1-2H3. The van der Waals surface area contributed by atoms with Gasteiger partial charge in [-0.2, -0.15) is 0 Å². The molecule has 0 unspecified atom stereocenters. The largest absolute Gasteiger partial charge is 0.497 e. The van der Waals surface area contributed by atoms with Gasteiger partial charge in [-0.15, -0.1) is 0 Å². The molecule has 2 aromatic rings.